The summed E-state index contributed by atoms with van der Waals surface area (Å²) in [6.45, 7) is 7.05. The predicted molar refractivity (Wildman–Crippen MR) is 174 cm³/mol. The maximum atomic E-state index is 12.8. The molecule has 3 unspecified atom stereocenters. The third-order valence-corrected chi connectivity index (χ3v) is 11.0. The maximum Gasteiger partial charge on any atom is 0.264 e. The fourth-order valence-corrected chi connectivity index (χ4v) is 7.80. The summed E-state index contributed by atoms with van der Waals surface area (Å²) in [5, 5.41) is 19.8. The Morgan fingerprint density at radius 1 is 0.929 bits per heavy atom. The molecule has 4 aliphatic rings. The zero-order valence-electron chi connectivity index (χ0n) is 24.2. The Morgan fingerprint density at radius 3 is 2.31 bits per heavy atom. The molecule has 0 aromatic heterocycles. The van der Waals surface area contributed by atoms with Gasteiger partial charge < -0.3 is 0 Å². The van der Waals surface area contributed by atoms with Crippen LogP contribution in [0.2, 0.25) is 0 Å². The summed E-state index contributed by atoms with van der Waals surface area (Å²) >= 11 is 1.35. The lowest BCUT2D eigenvalue weighted by Crippen LogP contribution is -2.32. The van der Waals surface area contributed by atoms with Gasteiger partial charge in [0.25, 0.3) is 5.91 Å². The highest BCUT2D eigenvalue weighted by molar-refractivity contribution is 8.18. The largest absolute Gasteiger partial charge is 0.299 e. The molecule has 1 saturated heterocycles. The molecule has 3 aromatic rings. The minimum Gasteiger partial charge on any atom is -0.299 e. The number of nitrogens with zero attached hydrogens (tertiary/aromatic N) is 4. The second-order valence-corrected chi connectivity index (χ2v) is 13.5. The molecule has 7 rings (SSSR count). The van der Waals surface area contributed by atoms with E-state index in [1.165, 1.54) is 29.5 Å². The third-order valence-electron chi connectivity index (χ3n) is 10.1. The number of thioether (sulfide) groups is 1. The molecule has 2 aliphatic heterocycles. The fraction of sp³-hybridized carbons (Fsp3) is 0.314. The molecule has 2 bridgehead atoms. The smallest absolute Gasteiger partial charge is 0.264 e. The molecule has 7 heteroatoms. The monoisotopic (exact) mass is 573 g/mol. The first-order valence-corrected chi connectivity index (χ1v) is 15.6. The molecule has 6 nitrogen and oxygen atoms in total. The van der Waals surface area contributed by atoms with Crippen LogP contribution in [-0.4, -0.2) is 22.5 Å². The molecule has 2 aliphatic carbocycles. The second-order valence-electron chi connectivity index (χ2n) is 12.5. The van der Waals surface area contributed by atoms with Gasteiger partial charge in [0.2, 0.25) is 0 Å². The number of amidine groups is 1. The molecule has 3 atom stereocenters. The lowest BCUT2D eigenvalue weighted by atomic mass is 9.70. The maximum absolute atomic E-state index is 12.8. The Labute approximate surface area is 251 Å². The Balaban J connectivity index is 1.10. The van der Waals surface area contributed by atoms with Crippen molar-refractivity contribution in [3.05, 3.63) is 107 Å². The van der Waals surface area contributed by atoms with Crippen LogP contribution >= 0.6 is 11.8 Å². The lowest BCUT2D eigenvalue weighted by molar-refractivity contribution is -0.115. The van der Waals surface area contributed by atoms with Crippen LogP contribution in [0.5, 0.6) is 0 Å². The fourth-order valence-electron chi connectivity index (χ4n) is 7.02. The third kappa shape index (κ3) is 4.60. The number of hydrogen-bond donors (Lipinski definition) is 1. The summed E-state index contributed by atoms with van der Waals surface area (Å²) in [6.07, 6.45) is 6.19. The van der Waals surface area contributed by atoms with Crippen LogP contribution in [0.15, 0.2) is 105 Å². The van der Waals surface area contributed by atoms with Crippen LogP contribution in [0.1, 0.15) is 69.2 Å². The molecule has 1 amide bonds. The van der Waals surface area contributed by atoms with Gasteiger partial charge in [0, 0.05) is 17.5 Å². The lowest BCUT2D eigenvalue weighted by Gasteiger charge is -2.34. The van der Waals surface area contributed by atoms with Crippen molar-refractivity contribution < 1.29 is 4.79 Å². The van der Waals surface area contributed by atoms with Gasteiger partial charge in [-0.1, -0.05) is 93.6 Å². The highest BCUT2D eigenvalue weighted by Crippen LogP contribution is 2.64. The van der Waals surface area contributed by atoms with E-state index in [0.717, 1.165) is 41.8 Å². The van der Waals surface area contributed by atoms with Crippen LogP contribution < -0.4 is 10.3 Å². The van der Waals surface area contributed by atoms with Gasteiger partial charge in [0.1, 0.15) is 0 Å². The molecule has 0 radical (unpaired) electrons. The predicted octanol–water partition coefficient (Wildman–Crippen LogP) is 7.80. The van der Waals surface area contributed by atoms with Crippen molar-refractivity contribution in [2.24, 2.45) is 32.1 Å². The first kappa shape index (κ1) is 26.9. The Kier molecular flexibility index (Phi) is 6.65. The number of rotatable bonds is 5. The summed E-state index contributed by atoms with van der Waals surface area (Å²) < 4.78 is 0. The normalized spacial score (nSPS) is 29.1. The van der Waals surface area contributed by atoms with Gasteiger partial charge in [0.05, 0.1) is 22.3 Å². The van der Waals surface area contributed by atoms with E-state index in [4.69, 9.17) is 5.10 Å². The molecule has 0 spiro atoms. The number of carbonyl (C=O) groups is 1. The van der Waals surface area contributed by atoms with Gasteiger partial charge in [-0.3, -0.25) is 15.1 Å². The highest BCUT2D eigenvalue weighted by Gasteiger charge is 2.60. The highest BCUT2D eigenvalue weighted by atomic mass is 32.2. The van der Waals surface area contributed by atoms with E-state index in [1.54, 1.807) is 0 Å². The Morgan fingerprint density at radius 2 is 1.64 bits per heavy atom. The van der Waals surface area contributed by atoms with Gasteiger partial charge in [0.15, 0.2) is 5.17 Å². The van der Waals surface area contributed by atoms with Gasteiger partial charge in [-0.15, -0.1) is 5.10 Å². The van der Waals surface area contributed by atoms with Crippen LogP contribution in [0.4, 0.5) is 5.69 Å². The van der Waals surface area contributed by atoms with Gasteiger partial charge in [-0.05, 0) is 77.3 Å². The Hall–Kier alpha value is -3.97. The summed E-state index contributed by atoms with van der Waals surface area (Å²) in [5.41, 5.74) is 6.94. The van der Waals surface area contributed by atoms with E-state index in [9.17, 15) is 4.79 Å². The van der Waals surface area contributed by atoms with E-state index < -0.39 is 0 Å². The van der Waals surface area contributed by atoms with E-state index in [2.05, 4.69) is 102 Å². The molecule has 3 aromatic carbocycles. The zero-order chi connectivity index (χ0) is 28.9. The van der Waals surface area contributed by atoms with Crippen molar-refractivity contribution in [3.8, 4) is 0 Å². The molecule has 42 heavy (non-hydrogen) atoms. The number of hydrazone groups is 1. The summed E-state index contributed by atoms with van der Waals surface area (Å²) in [7, 11) is 0. The topological polar surface area (TPSA) is 69.4 Å². The van der Waals surface area contributed by atoms with Crippen LogP contribution in [0.25, 0.3) is 6.08 Å². The minimum atomic E-state index is -0.136. The SMILES string of the molecule is CC12CCC(CC1=N/N=C1\NC(=O)C(=Cc3ccc(N4N=C(c5ccccc5)CC4c4ccccc4)cc3)S1)C2(C)C. The number of anilines is 1. The first-order valence-electron chi connectivity index (χ1n) is 14.7. The quantitative estimate of drug-likeness (QED) is 0.250. The average molecular weight is 574 g/mol. The van der Waals surface area contributed by atoms with Crippen molar-refractivity contribution in [1.29, 1.82) is 0 Å². The van der Waals surface area contributed by atoms with Gasteiger partial charge in [-0.2, -0.15) is 10.2 Å². The van der Waals surface area contributed by atoms with Crippen LogP contribution in [-0.2, 0) is 4.79 Å². The number of nitrogens with one attached hydrogen (secondary N) is 1. The molecule has 2 saturated carbocycles. The van der Waals surface area contributed by atoms with Crippen LogP contribution in [0.3, 0.4) is 0 Å². The molecule has 212 valence electrons. The van der Waals surface area contributed by atoms with Crippen molar-refractivity contribution in [1.82, 2.24) is 5.32 Å². The van der Waals surface area contributed by atoms with Crippen LogP contribution in [0, 0.1) is 16.7 Å². The van der Waals surface area contributed by atoms with Crippen molar-refractivity contribution in [3.63, 3.8) is 0 Å². The Bertz CT molecular complexity index is 1640. The van der Waals surface area contributed by atoms with Crippen molar-refractivity contribution in [2.75, 3.05) is 5.01 Å². The van der Waals surface area contributed by atoms with E-state index in [0.29, 0.717) is 16.0 Å². The number of hydrogen-bond acceptors (Lipinski definition) is 6. The van der Waals surface area contributed by atoms with Gasteiger partial charge >= 0.3 is 0 Å². The minimum absolute atomic E-state index is 0.0934. The average Bonchev–Trinajstić information content (AvgIpc) is 3.71. The second kappa shape index (κ2) is 10.4. The molecular formula is C35H35N5OS. The molecule has 2 heterocycles. The van der Waals surface area contributed by atoms with E-state index in [1.807, 2.05) is 30.3 Å². The number of benzene rings is 3. The summed E-state index contributed by atoms with van der Waals surface area (Å²) in [6, 6.07) is 29.3. The van der Waals surface area contributed by atoms with Crippen molar-refractivity contribution in [2.45, 2.75) is 52.5 Å². The summed E-state index contributed by atoms with van der Waals surface area (Å²) in [4.78, 5) is 13.4. The van der Waals surface area contributed by atoms with Crippen molar-refractivity contribution >= 4 is 46.0 Å². The van der Waals surface area contributed by atoms with E-state index >= 15 is 0 Å². The first-order chi connectivity index (χ1) is 20.3. The zero-order valence-corrected chi connectivity index (χ0v) is 25.1. The number of fused-ring (bicyclic) bond motifs is 2. The number of carbonyl (C=O) groups excluding carboxylic acids is 1. The molecular weight excluding hydrogens is 538 g/mol. The molecule has 1 N–H and O–H groups in total. The standard InChI is InChI=1S/C35H35N5OS/c1-34(2)26-18-19-35(34,3)31(21-26)37-38-33-36-32(41)30(42-33)20-23-14-16-27(17-15-23)40-29(25-12-8-5-9-13-25)22-28(39-40)24-10-6-4-7-11-24/h4-17,20,26,29H,18-19,21-22H2,1-3H3,(H,36,38,41). The number of amides is 1. The van der Waals surface area contributed by atoms with Gasteiger partial charge in [-0.25, -0.2) is 0 Å². The summed E-state index contributed by atoms with van der Waals surface area (Å²) in [5.74, 6) is 0.535. The molecule has 3 fully saturated rings. The van der Waals surface area contributed by atoms with E-state index in [-0.39, 0.29) is 22.8 Å².